The number of anilines is 1. The van der Waals surface area contributed by atoms with Crippen LogP contribution in [0.25, 0.3) is 0 Å². The molecule has 5 heteroatoms. The fourth-order valence-corrected chi connectivity index (χ4v) is 2.12. The minimum atomic E-state index is 0.613. The van der Waals surface area contributed by atoms with Crippen LogP contribution in [0.4, 0.5) is 5.69 Å². The summed E-state index contributed by atoms with van der Waals surface area (Å²) in [7, 11) is 0. The van der Waals surface area contributed by atoms with Gasteiger partial charge in [0.1, 0.15) is 11.5 Å². The van der Waals surface area contributed by atoms with Crippen LogP contribution >= 0.6 is 11.6 Å². The number of ether oxygens (including phenoxy) is 1. The van der Waals surface area contributed by atoms with E-state index in [4.69, 9.17) is 20.9 Å². The molecule has 0 saturated carbocycles. The summed E-state index contributed by atoms with van der Waals surface area (Å²) in [6.07, 6.45) is 0.961. The van der Waals surface area contributed by atoms with Crippen LogP contribution in [-0.4, -0.2) is 11.8 Å². The molecule has 0 saturated heterocycles. The van der Waals surface area contributed by atoms with Crippen molar-refractivity contribution in [3.05, 3.63) is 40.2 Å². The van der Waals surface area contributed by atoms with Gasteiger partial charge in [0.15, 0.2) is 0 Å². The molecule has 1 aromatic carbocycles. The summed E-state index contributed by atoms with van der Waals surface area (Å²) in [6.45, 7) is 7.24. The van der Waals surface area contributed by atoms with Gasteiger partial charge in [0.25, 0.3) is 0 Å². The number of halogens is 1. The number of aryl methyl sites for hydroxylation is 2. The third-order valence-electron chi connectivity index (χ3n) is 3.04. The highest BCUT2D eigenvalue weighted by atomic mass is 35.5. The van der Waals surface area contributed by atoms with E-state index in [1.54, 1.807) is 0 Å². The zero-order valence-corrected chi connectivity index (χ0v) is 12.8. The van der Waals surface area contributed by atoms with Crippen molar-refractivity contribution in [1.29, 1.82) is 0 Å². The fourth-order valence-electron chi connectivity index (χ4n) is 1.88. The van der Waals surface area contributed by atoms with Crippen LogP contribution in [0.15, 0.2) is 22.7 Å². The van der Waals surface area contributed by atoms with E-state index in [2.05, 4.69) is 17.4 Å². The van der Waals surface area contributed by atoms with Crippen LogP contribution in [0.3, 0.4) is 0 Å². The Morgan fingerprint density at radius 1 is 1.35 bits per heavy atom. The zero-order valence-electron chi connectivity index (χ0n) is 12.0. The third-order valence-corrected chi connectivity index (χ3v) is 3.34. The SMILES string of the molecule is CCCOc1ccc(NCc2c(C)noc2C)cc1Cl. The molecule has 108 valence electrons. The predicted molar refractivity (Wildman–Crippen MR) is 80.5 cm³/mol. The van der Waals surface area contributed by atoms with Gasteiger partial charge in [0.05, 0.1) is 17.3 Å². The monoisotopic (exact) mass is 294 g/mol. The maximum atomic E-state index is 6.19. The van der Waals surface area contributed by atoms with Gasteiger partial charge in [-0.15, -0.1) is 0 Å². The molecule has 0 aliphatic carbocycles. The summed E-state index contributed by atoms with van der Waals surface area (Å²) in [5.41, 5.74) is 2.93. The van der Waals surface area contributed by atoms with E-state index in [1.807, 2.05) is 32.0 Å². The van der Waals surface area contributed by atoms with Gasteiger partial charge in [-0.1, -0.05) is 23.7 Å². The van der Waals surface area contributed by atoms with E-state index < -0.39 is 0 Å². The molecule has 0 atom stereocenters. The topological polar surface area (TPSA) is 47.3 Å². The van der Waals surface area contributed by atoms with Crippen molar-refractivity contribution < 1.29 is 9.26 Å². The lowest BCUT2D eigenvalue weighted by Crippen LogP contribution is -2.02. The summed E-state index contributed by atoms with van der Waals surface area (Å²) < 4.78 is 10.7. The van der Waals surface area contributed by atoms with Crippen molar-refractivity contribution in [2.45, 2.75) is 33.7 Å². The molecule has 0 radical (unpaired) electrons. The van der Waals surface area contributed by atoms with Crippen LogP contribution < -0.4 is 10.1 Å². The van der Waals surface area contributed by atoms with Gasteiger partial charge >= 0.3 is 0 Å². The van der Waals surface area contributed by atoms with E-state index in [0.717, 1.165) is 34.9 Å². The summed E-state index contributed by atoms with van der Waals surface area (Å²) in [5.74, 6) is 1.56. The van der Waals surface area contributed by atoms with Gasteiger partial charge in [-0.25, -0.2) is 0 Å². The van der Waals surface area contributed by atoms with Crippen LogP contribution in [-0.2, 0) is 6.54 Å². The number of nitrogens with zero attached hydrogens (tertiary/aromatic N) is 1. The molecule has 2 rings (SSSR count). The largest absolute Gasteiger partial charge is 0.492 e. The van der Waals surface area contributed by atoms with Crippen molar-refractivity contribution in [3.8, 4) is 5.75 Å². The lowest BCUT2D eigenvalue weighted by molar-refractivity contribution is 0.317. The molecule has 0 fully saturated rings. The number of nitrogens with one attached hydrogen (secondary N) is 1. The minimum Gasteiger partial charge on any atom is -0.492 e. The van der Waals surface area contributed by atoms with Crippen molar-refractivity contribution >= 4 is 17.3 Å². The molecule has 0 bridgehead atoms. The van der Waals surface area contributed by atoms with E-state index in [-0.39, 0.29) is 0 Å². The molecule has 1 heterocycles. The summed E-state index contributed by atoms with van der Waals surface area (Å²) in [5, 5.41) is 7.86. The van der Waals surface area contributed by atoms with Crippen molar-refractivity contribution in [1.82, 2.24) is 5.16 Å². The highest BCUT2D eigenvalue weighted by molar-refractivity contribution is 6.32. The second-order valence-electron chi connectivity index (χ2n) is 4.65. The third kappa shape index (κ3) is 3.45. The molecular weight excluding hydrogens is 276 g/mol. The molecule has 0 unspecified atom stereocenters. The molecule has 20 heavy (non-hydrogen) atoms. The molecule has 0 spiro atoms. The lowest BCUT2D eigenvalue weighted by Gasteiger charge is -2.10. The van der Waals surface area contributed by atoms with Crippen LogP contribution in [0.2, 0.25) is 5.02 Å². The predicted octanol–water partition coefficient (Wildman–Crippen LogP) is 4.35. The molecule has 0 amide bonds. The first-order chi connectivity index (χ1) is 9.61. The normalized spacial score (nSPS) is 10.6. The second kappa shape index (κ2) is 6.66. The van der Waals surface area contributed by atoms with E-state index in [1.165, 1.54) is 0 Å². The van der Waals surface area contributed by atoms with Crippen LogP contribution in [0.5, 0.6) is 5.75 Å². The van der Waals surface area contributed by atoms with Gasteiger partial charge in [-0.05, 0) is 38.5 Å². The molecule has 1 aromatic heterocycles. The first-order valence-electron chi connectivity index (χ1n) is 6.69. The van der Waals surface area contributed by atoms with E-state index in [0.29, 0.717) is 18.2 Å². The maximum Gasteiger partial charge on any atom is 0.138 e. The molecule has 2 aromatic rings. The average molecular weight is 295 g/mol. The zero-order chi connectivity index (χ0) is 14.5. The Morgan fingerprint density at radius 3 is 2.75 bits per heavy atom. The average Bonchev–Trinajstić information content (AvgIpc) is 2.75. The number of aromatic nitrogens is 1. The van der Waals surface area contributed by atoms with Crippen molar-refractivity contribution in [2.24, 2.45) is 0 Å². The summed E-state index contributed by atoms with van der Waals surface area (Å²) >= 11 is 6.19. The lowest BCUT2D eigenvalue weighted by atomic mass is 10.2. The van der Waals surface area contributed by atoms with Gasteiger partial charge in [-0.2, -0.15) is 0 Å². The quantitative estimate of drug-likeness (QED) is 0.860. The van der Waals surface area contributed by atoms with Crippen molar-refractivity contribution in [2.75, 3.05) is 11.9 Å². The number of rotatable bonds is 6. The van der Waals surface area contributed by atoms with E-state index in [9.17, 15) is 0 Å². The van der Waals surface area contributed by atoms with Gasteiger partial charge < -0.3 is 14.6 Å². The Labute approximate surface area is 124 Å². The molecular formula is C15H19ClN2O2. The number of hydrogen-bond donors (Lipinski definition) is 1. The molecule has 0 aliphatic rings. The Balaban J connectivity index is 2.02. The Hall–Kier alpha value is -1.68. The standard InChI is InChI=1S/C15H19ClN2O2/c1-4-7-19-15-6-5-12(8-14(15)16)17-9-13-10(2)18-20-11(13)3/h5-6,8,17H,4,7,9H2,1-3H3. The second-order valence-corrected chi connectivity index (χ2v) is 5.06. The maximum absolute atomic E-state index is 6.19. The van der Waals surface area contributed by atoms with Crippen molar-refractivity contribution in [3.63, 3.8) is 0 Å². The Bertz CT molecular complexity index is 562. The van der Waals surface area contributed by atoms with Gasteiger partial charge in [0, 0.05) is 17.8 Å². The van der Waals surface area contributed by atoms with Crippen LogP contribution in [0, 0.1) is 13.8 Å². The van der Waals surface area contributed by atoms with Crippen LogP contribution in [0.1, 0.15) is 30.4 Å². The number of benzene rings is 1. The van der Waals surface area contributed by atoms with Gasteiger partial charge in [0.2, 0.25) is 0 Å². The smallest absolute Gasteiger partial charge is 0.138 e. The van der Waals surface area contributed by atoms with Gasteiger partial charge in [-0.3, -0.25) is 0 Å². The van der Waals surface area contributed by atoms with E-state index >= 15 is 0 Å². The first-order valence-corrected chi connectivity index (χ1v) is 7.07. The Kier molecular flexibility index (Phi) is 4.90. The highest BCUT2D eigenvalue weighted by Crippen LogP contribution is 2.28. The Morgan fingerprint density at radius 2 is 2.15 bits per heavy atom. The molecule has 0 aliphatic heterocycles. The summed E-state index contributed by atoms with van der Waals surface area (Å²) in [6, 6.07) is 5.70. The minimum absolute atomic E-state index is 0.613. The molecule has 1 N–H and O–H groups in total. The highest BCUT2D eigenvalue weighted by Gasteiger charge is 2.09. The summed E-state index contributed by atoms with van der Waals surface area (Å²) in [4.78, 5) is 0. The molecule has 4 nitrogen and oxygen atoms in total. The first kappa shape index (κ1) is 14.7. The fraction of sp³-hybridized carbons (Fsp3) is 0.400. The number of hydrogen-bond acceptors (Lipinski definition) is 4.